The number of nitrogens with one attached hydrogen (secondary N) is 1. The summed E-state index contributed by atoms with van der Waals surface area (Å²) >= 11 is 0. The lowest BCUT2D eigenvalue weighted by Gasteiger charge is -2.24. The summed E-state index contributed by atoms with van der Waals surface area (Å²) in [6.45, 7) is 5.69. The molecule has 1 amide bonds. The number of benzene rings is 1. The van der Waals surface area contributed by atoms with Crippen molar-refractivity contribution < 1.29 is 22.7 Å². The number of rotatable bonds is 9. The Kier molecular flexibility index (Phi) is 7.43. The molecule has 0 radical (unpaired) electrons. The van der Waals surface area contributed by atoms with Crippen LogP contribution in [0.4, 0.5) is 0 Å². The number of methoxy groups -OCH3 is 1. The van der Waals surface area contributed by atoms with Crippen LogP contribution in [0.2, 0.25) is 0 Å². The van der Waals surface area contributed by atoms with E-state index in [0.29, 0.717) is 56.9 Å². The van der Waals surface area contributed by atoms with Crippen LogP contribution in [-0.2, 0) is 19.6 Å². The molecule has 1 aliphatic rings. The van der Waals surface area contributed by atoms with Gasteiger partial charge in [0, 0.05) is 32.4 Å². The summed E-state index contributed by atoms with van der Waals surface area (Å²) in [5.74, 6) is 0.230. The maximum atomic E-state index is 13.1. The van der Waals surface area contributed by atoms with E-state index >= 15 is 0 Å². The number of sulfonamides is 1. The van der Waals surface area contributed by atoms with Crippen LogP contribution in [0.25, 0.3) is 0 Å². The van der Waals surface area contributed by atoms with Gasteiger partial charge < -0.3 is 14.8 Å². The largest absolute Gasteiger partial charge is 0.497 e. The van der Waals surface area contributed by atoms with Gasteiger partial charge in [0.2, 0.25) is 15.9 Å². The van der Waals surface area contributed by atoms with Crippen molar-refractivity contribution in [2.24, 2.45) is 0 Å². The fraction of sp³-hybridized carbons (Fsp3) is 0.611. The number of hydrogen-bond acceptors (Lipinski definition) is 5. The Bertz CT molecular complexity index is 720. The van der Waals surface area contributed by atoms with Crippen LogP contribution < -0.4 is 10.1 Å². The van der Waals surface area contributed by atoms with Gasteiger partial charge in [-0.25, -0.2) is 8.42 Å². The van der Waals surface area contributed by atoms with Crippen LogP contribution in [0.15, 0.2) is 23.1 Å². The maximum absolute atomic E-state index is 13.1. The van der Waals surface area contributed by atoms with E-state index in [1.165, 1.54) is 17.5 Å². The predicted octanol–water partition coefficient (Wildman–Crippen LogP) is 1.70. The van der Waals surface area contributed by atoms with Crippen LogP contribution in [0.5, 0.6) is 5.75 Å². The molecule has 26 heavy (non-hydrogen) atoms. The SMILES string of the molecule is CCOCCCNC(=O)[C@@H]1CCCN1S(=O)(=O)c1cc(OC)ccc1C. The first-order valence-corrected chi connectivity index (χ1v) is 10.4. The molecule has 7 nitrogen and oxygen atoms in total. The molecule has 0 unspecified atom stereocenters. The molecule has 8 heteroatoms. The fourth-order valence-corrected chi connectivity index (χ4v) is 4.95. The van der Waals surface area contributed by atoms with Gasteiger partial charge in [-0.2, -0.15) is 4.31 Å². The maximum Gasteiger partial charge on any atom is 0.244 e. The van der Waals surface area contributed by atoms with Crippen molar-refractivity contribution in [3.05, 3.63) is 23.8 Å². The number of amides is 1. The summed E-state index contributed by atoms with van der Waals surface area (Å²) in [6.07, 6.45) is 1.90. The van der Waals surface area contributed by atoms with Crippen LogP contribution in [0.3, 0.4) is 0 Å². The minimum atomic E-state index is -3.77. The van der Waals surface area contributed by atoms with Gasteiger partial charge in [-0.1, -0.05) is 6.07 Å². The van der Waals surface area contributed by atoms with Gasteiger partial charge >= 0.3 is 0 Å². The lowest BCUT2D eigenvalue weighted by Crippen LogP contribution is -2.46. The highest BCUT2D eigenvalue weighted by atomic mass is 32.2. The van der Waals surface area contributed by atoms with E-state index in [1.54, 1.807) is 19.1 Å². The summed E-state index contributed by atoms with van der Waals surface area (Å²) in [7, 11) is -2.27. The Balaban J connectivity index is 2.12. The van der Waals surface area contributed by atoms with Crippen molar-refractivity contribution >= 4 is 15.9 Å². The molecule has 1 aromatic carbocycles. The van der Waals surface area contributed by atoms with Crippen LogP contribution in [0.1, 0.15) is 31.7 Å². The van der Waals surface area contributed by atoms with Crippen LogP contribution in [-0.4, -0.2) is 58.1 Å². The Labute approximate surface area is 155 Å². The van der Waals surface area contributed by atoms with Gasteiger partial charge in [-0.15, -0.1) is 0 Å². The first-order valence-electron chi connectivity index (χ1n) is 8.93. The highest BCUT2D eigenvalue weighted by molar-refractivity contribution is 7.89. The average Bonchev–Trinajstić information content (AvgIpc) is 3.12. The second kappa shape index (κ2) is 9.34. The number of aryl methyl sites for hydroxylation is 1. The summed E-state index contributed by atoms with van der Waals surface area (Å²) < 4.78 is 38.0. The van der Waals surface area contributed by atoms with E-state index in [9.17, 15) is 13.2 Å². The summed E-state index contributed by atoms with van der Waals surface area (Å²) in [5.41, 5.74) is 0.633. The number of hydrogen-bond donors (Lipinski definition) is 1. The van der Waals surface area contributed by atoms with Crippen molar-refractivity contribution in [3.8, 4) is 5.75 Å². The van der Waals surface area contributed by atoms with E-state index in [-0.39, 0.29) is 10.8 Å². The molecule has 0 aliphatic carbocycles. The molecule has 1 N–H and O–H groups in total. The number of ether oxygens (including phenoxy) is 2. The molecule has 1 fully saturated rings. The molecular formula is C18H28N2O5S. The molecule has 0 aromatic heterocycles. The molecule has 2 rings (SSSR count). The molecule has 0 saturated carbocycles. The Morgan fingerprint density at radius 2 is 2.15 bits per heavy atom. The standard InChI is InChI=1S/C18H28N2O5S/c1-4-25-12-6-10-19-18(21)16-7-5-11-20(16)26(22,23)17-13-15(24-3)9-8-14(17)2/h8-9,13,16H,4-7,10-12H2,1-3H3,(H,19,21)/t16-/m0/s1. The molecule has 146 valence electrons. The normalized spacial score (nSPS) is 18.0. The first-order chi connectivity index (χ1) is 12.4. The van der Waals surface area contributed by atoms with Gasteiger partial charge in [0.15, 0.2) is 0 Å². The number of carbonyl (C=O) groups is 1. The topological polar surface area (TPSA) is 84.9 Å². The van der Waals surface area contributed by atoms with Crippen molar-refractivity contribution in [1.29, 1.82) is 0 Å². The smallest absolute Gasteiger partial charge is 0.244 e. The first kappa shape index (κ1) is 20.7. The molecule has 1 atom stereocenters. The van der Waals surface area contributed by atoms with E-state index < -0.39 is 16.1 Å². The fourth-order valence-electron chi connectivity index (χ4n) is 3.05. The van der Waals surface area contributed by atoms with Crippen LogP contribution >= 0.6 is 0 Å². The Hall–Kier alpha value is -1.64. The second-order valence-electron chi connectivity index (χ2n) is 6.25. The van der Waals surface area contributed by atoms with Crippen molar-refractivity contribution in [2.75, 3.05) is 33.4 Å². The third kappa shape index (κ3) is 4.75. The monoisotopic (exact) mass is 384 g/mol. The lowest BCUT2D eigenvalue weighted by molar-refractivity contribution is -0.124. The number of carbonyl (C=O) groups excluding carboxylic acids is 1. The van der Waals surface area contributed by atoms with Gasteiger partial charge in [0.25, 0.3) is 0 Å². The summed E-state index contributed by atoms with van der Waals surface area (Å²) in [4.78, 5) is 12.7. The zero-order valence-electron chi connectivity index (χ0n) is 15.7. The molecule has 1 aliphatic heterocycles. The van der Waals surface area contributed by atoms with Crippen molar-refractivity contribution in [1.82, 2.24) is 9.62 Å². The van der Waals surface area contributed by atoms with E-state index in [0.717, 1.165) is 0 Å². The Morgan fingerprint density at radius 1 is 1.38 bits per heavy atom. The number of nitrogens with zero attached hydrogens (tertiary/aromatic N) is 1. The summed E-state index contributed by atoms with van der Waals surface area (Å²) in [6, 6.07) is 4.28. The third-order valence-electron chi connectivity index (χ3n) is 4.46. The minimum Gasteiger partial charge on any atom is -0.497 e. The van der Waals surface area contributed by atoms with Gasteiger partial charge in [-0.3, -0.25) is 4.79 Å². The molecule has 0 spiro atoms. The van der Waals surface area contributed by atoms with E-state index in [4.69, 9.17) is 9.47 Å². The second-order valence-corrected chi connectivity index (χ2v) is 8.11. The van der Waals surface area contributed by atoms with Crippen molar-refractivity contribution in [2.45, 2.75) is 44.0 Å². The van der Waals surface area contributed by atoms with Gasteiger partial charge in [0.05, 0.1) is 12.0 Å². The molecular weight excluding hydrogens is 356 g/mol. The quantitative estimate of drug-likeness (QED) is 0.655. The van der Waals surface area contributed by atoms with Gasteiger partial charge in [-0.05, 0) is 44.7 Å². The molecule has 0 bridgehead atoms. The molecule has 1 saturated heterocycles. The zero-order valence-corrected chi connectivity index (χ0v) is 16.5. The molecule has 1 heterocycles. The van der Waals surface area contributed by atoms with Crippen LogP contribution in [0, 0.1) is 6.92 Å². The average molecular weight is 384 g/mol. The lowest BCUT2D eigenvalue weighted by atomic mass is 10.2. The highest BCUT2D eigenvalue weighted by Crippen LogP contribution is 2.30. The predicted molar refractivity (Wildman–Crippen MR) is 98.8 cm³/mol. The zero-order chi connectivity index (χ0) is 19.2. The van der Waals surface area contributed by atoms with Crippen molar-refractivity contribution in [3.63, 3.8) is 0 Å². The Morgan fingerprint density at radius 3 is 2.85 bits per heavy atom. The highest BCUT2D eigenvalue weighted by Gasteiger charge is 2.39. The van der Waals surface area contributed by atoms with E-state index in [2.05, 4.69) is 5.32 Å². The summed E-state index contributed by atoms with van der Waals surface area (Å²) in [5, 5.41) is 2.82. The molecule has 1 aromatic rings. The van der Waals surface area contributed by atoms with Gasteiger partial charge in [0.1, 0.15) is 11.8 Å². The van der Waals surface area contributed by atoms with E-state index in [1.807, 2.05) is 6.92 Å². The minimum absolute atomic E-state index is 0.188. The third-order valence-corrected chi connectivity index (χ3v) is 6.51.